The van der Waals surface area contributed by atoms with Gasteiger partial charge < -0.3 is 10.4 Å². The summed E-state index contributed by atoms with van der Waals surface area (Å²) in [6, 6.07) is 5.65. The molecule has 0 aromatic heterocycles. The number of hydrogen-bond donors (Lipinski definition) is 2. The summed E-state index contributed by atoms with van der Waals surface area (Å²) in [5.74, 6) is 0. The van der Waals surface area contributed by atoms with E-state index in [0.29, 0.717) is 16.6 Å². The Labute approximate surface area is 107 Å². The summed E-state index contributed by atoms with van der Waals surface area (Å²) in [6.45, 7) is 4.38. The Hall–Kier alpha value is -0.280. The van der Waals surface area contributed by atoms with Gasteiger partial charge in [-0.15, -0.1) is 0 Å². The van der Waals surface area contributed by atoms with Crippen LogP contribution in [0.2, 0.25) is 10.0 Å². The van der Waals surface area contributed by atoms with Crippen LogP contribution < -0.4 is 5.32 Å². The van der Waals surface area contributed by atoms with Gasteiger partial charge in [0.25, 0.3) is 0 Å². The molecule has 0 amide bonds. The Morgan fingerprint density at radius 1 is 1.38 bits per heavy atom. The lowest BCUT2D eigenvalue weighted by molar-refractivity contribution is 0.185. The minimum atomic E-state index is -0.361. The lowest BCUT2D eigenvalue weighted by atomic mass is 10.0. The van der Waals surface area contributed by atoms with Crippen molar-refractivity contribution in [1.29, 1.82) is 0 Å². The number of nitrogens with one attached hydrogen (secondary N) is 1. The van der Waals surface area contributed by atoms with E-state index >= 15 is 0 Å². The summed E-state index contributed by atoms with van der Waals surface area (Å²) in [5.41, 5.74) is 1.02. The molecule has 0 aliphatic rings. The normalized spacial score (nSPS) is 14.8. The molecule has 0 aliphatic heterocycles. The molecule has 0 aliphatic carbocycles. The minimum absolute atomic E-state index is 0.152. The SMILES string of the molecule is CCC(NC[C@H](C)O)c1ccc(Cl)cc1Cl. The van der Waals surface area contributed by atoms with Crippen molar-refractivity contribution >= 4 is 23.2 Å². The maximum absolute atomic E-state index is 9.24. The first-order chi connectivity index (χ1) is 7.54. The highest BCUT2D eigenvalue weighted by Gasteiger charge is 2.13. The van der Waals surface area contributed by atoms with Crippen LogP contribution in [-0.4, -0.2) is 17.8 Å². The number of hydrogen-bond acceptors (Lipinski definition) is 2. The molecule has 0 fully saturated rings. The summed E-state index contributed by atoms with van der Waals surface area (Å²) < 4.78 is 0. The summed E-state index contributed by atoms with van der Waals surface area (Å²) >= 11 is 12.0. The zero-order valence-corrected chi connectivity index (χ0v) is 11.0. The maximum Gasteiger partial charge on any atom is 0.0636 e. The molecule has 0 spiro atoms. The summed E-state index contributed by atoms with van der Waals surface area (Å²) in [7, 11) is 0. The van der Waals surface area contributed by atoms with Gasteiger partial charge in [-0.1, -0.05) is 36.2 Å². The van der Waals surface area contributed by atoms with E-state index in [-0.39, 0.29) is 12.1 Å². The molecule has 0 bridgehead atoms. The average molecular weight is 262 g/mol. The van der Waals surface area contributed by atoms with Crippen molar-refractivity contribution in [1.82, 2.24) is 5.32 Å². The van der Waals surface area contributed by atoms with Crippen molar-refractivity contribution < 1.29 is 5.11 Å². The largest absolute Gasteiger partial charge is 0.392 e. The molecule has 1 rings (SSSR count). The molecule has 2 N–H and O–H groups in total. The molecule has 0 radical (unpaired) electrons. The maximum atomic E-state index is 9.24. The number of benzene rings is 1. The van der Waals surface area contributed by atoms with Crippen LogP contribution in [0.15, 0.2) is 18.2 Å². The van der Waals surface area contributed by atoms with Crippen molar-refractivity contribution in [3.8, 4) is 0 Å². The van der Waals surface area contributed by atoms with Crippen molar-refractivity contribution in [2.45, 2.75) is 32.4 Å². The number of rotatable bonds is 5. The molecule has 0 saturated heterocycles. The van der Waals surface area contributed by atoms with Crippen molar-refractivity contribution in [3.05, 3.63) is 33.8 Å². The Balaban J connectivity index is 2.78. The third-order valence-electron chi connectivity index (χ3n) is 2.41. The zero-order valence-electron chi connectivity index (χ0n) is 9.50. The van der Waals surface area contributed by atoms with E-state index in [1.807, 2.05) is 12.1 Å². The highest BCUT2D eigenvalue weighted by Crippen LogP contribution is 2.27. The third kappa shape index (κ3) is 3.95. The monoisotopic (exact) mass is 261 g/mol. The molecule has 1 unspecified atom stereocenters. The van der Waals surface area contributed by atoms with E-state index in [1.165, 1.54) is 0 Å². The van der Waals surface area contributed by atoms with Gasteiger partial charge in [0.2, 0.25) is 0 Å². The van der Waals surface area contributed by atoms with Crippen LogP contribution in [-0.2, 0) is 0 Å². The lowest BCUT2D eigenvalue weighted by Gasteiger charge is -2.19. The summed E-state index contributed by atoms with van der Waals surface area (Å²) in [6.07, 6.45) is 0.550. The van der Waals surface area contributed by atoms with Gasteiger partial charge in [-0.25, -0.2) is 0 Å². The predicted octanol–water partition coefficient (Wildman–Crippen LogP) is 3.41. The highest BCUT2D eigenvalue weighted by molar-refractivity contribution is 6.35. The average Bonchev–Trinajstić information content (AvgIpc) is 2.21. The molecule has 2 atom stereocenters. The molecular weight excluding hydrogens is 245 g/mol. The van der Waals surface area contributed by atoms with Gasteiger partial charge in [0, 0.05) is 22.6 Å². The second-order valence-electron chi connectivity index (χ2n) is 3.88. The second-order valence-corrected chi connectivity index (χ2v) is 4.73. The van der Waals surface area contributed by atoms with Crippen molar-refractivity contribution in [3.63, 3.8) is 0 Å². The Morgan fingerprint density at radius 2 is 2.06 bits per heavy atom. The molecule has 1 aromatic rings. The van der Waals surface area contributed by atoms with Crippen molar-refractivity contribution in [2.75, 3.05) is 6.54 Å². The van der Waals surface area contributed by atoms with Gasteiger partial charge in [0.1, 0.15) is 0 Å². The second kappa shape index (κ2) is 6.45. The van der Waals surface area contributed by atoms with E-state index in [4.69, 9.17) is 23.2 Å². The molecule has 90 valence electrons. The van der Waals surface area contributed by atoms with Crippen LogP contribution in [0.3, 0.4) is 0 Å². The molecule has 4 heteroatoms. The number of halogens is 2. The molecular formula is C12H17Cl2NO. The molecule has 16 heavy (non-hydrogen) atoms. The number of aliphatic hydroxyl groups is 1. The van der Waals surface area contributed by atoms with Gasteiger partial charge in [0.05, 0.1) is 6.10 Å². The summed E-state index contributed by atoms with van der Waals surface area (Å²) in [4.78, 5) is 0. The third-order valence-corrected chi connectivity index (χ3v) is 2.97. The van der Waals surface area contributed by atoms with Crippen LogP contribution >= 0.6 is 23.2 Å². The van der Waals surface area contributed by atoms with Crippen LogP contribution in [0.5, 0.6) is 0 Å². The quantitative estimate of drug-likeness (QED) is 0.852. The van der Waals surface area contributed by atoms with E-state index in [2.05, 4.69) is 12.2 Å². The predicted molar refractivity (Wildman–Crippen MR) is 69.2 cm³/mol. The topological polar surface area (TPSA) is 32.3 Å². The first-order valence-corrected chi connectivity index (χ1v) is 6.16. The molecule has 1 aromatic carbocycles. The van der Waals surface area contributed by atoms with E-state index < -0.39 is 0 Å². The van der Waals surface area contributed by atoms with Crippen molar-refractivity contribution in [2.24, 2.45) is 0 Å². The minimum Gasteiger partial charge on any atom is -0.392 e. The van der Waals surface area contributed by atoms with Crippen LogP contribution in [0.4, 0.5) is 0 Å². The molecule has 0 heterocycles. The van der Waals surface area contributed by atoms with Crippen LogP contribution in [0.1, 0.15) is 31.9 Å². The van der Waals surface area contributed by atoms with Gasteiger partial charge in [-0.2, -0.15) is 0 Å². The fraction of sp³-hybridized carbons (Fsp3) is 0.500. The first kappa shape index (κ1) is 13.8. The Bertz CT molecular complexity index is 342. The van der Waals surface area contributed by atoms with E-state index in [0.717, 1.165) is 12.0 Å². The van der Waals surface area contributed by atoms with Gasteiger partial charge in [0.15, 0.2) is 0 Å². The van der Waals surface area contributed by atoms with Crippen LogP contribution in [0, 0.1) is 0 Å². The fourth-order valence-corrected chi connectivity index (χ4v) is 2.11. The number of aliphatic hydroxyl groups excluding tert-OH is 1. The lowest BCUT2D eigenvalue weighted by Crippen LogP contribution is -2.28. The molecule has 2 nitrogen and oxygen atoms in total. The first-order valence-electron chi connectivity index (χ1n) is 5.41. The van der Waals surface area contributed by atoms with Crippen LogP contribution in [0.25, 0.3) is 0 Å². The highest BCUT2D eigenvalue weighted by atomic mass is 35.5. The fourth-order valence-electron chi connectivity index (χ4n) is 1.57. The molecule has 0 saturated carbocycles. The smallest absolute Gasteiger partial charge is 0.0636 e. The standard InChI is InChI=1S/C12H17Cl2NO/c1-3-12(15-7-8(2)16)10-5-4-9(13)6-11(10)14/h4-6,8,12,15-16H,3,7H2,1-2H3/t8-,12?/m0/s1. The van der Waals surface area contributed by atoms with Gasteiger partial charge in [-0.3, -0.25) is 0 Å². The zero-order chi connectivity index (χ0) is 12.1. The van der Waals surface area contributed by atoms with E-state index in [9.17, 15) is 5.11 Å². The Kier molecular flexibility index (Phi) is 5.56. The Morgan fingerprint density at radius 3 is 2.56 bits per heavy atom. The van der Waals surface area contributed by atoms with E-state index in [1.54, 1.807) is 13.0 Å². The summed E-state index contributed by atoms with van der Waals surface area (Å²) in [5, 5.41) is 13.8. The van der Waals surface area contributed by atoms with Gasteiger partial charge in [-0.05, 0) is 31.0 Å². The van der Waals surface area contributed by atoms with Gasteiger partial charge >= 0.3 is 0 Å².